The summed E-state index contributed by atoms with van der Waals surface area (Å²) in [6.45, 7) is 14.7. The van der Waals surface area contributed by atoms with E-state index in [1.165, 1.54) is 12.4 Å². The van der Waals surface area contributed by atoms with E-state index in [4.69, 9.17) is 30.7 Å². The van der Waals surface area contributed by atoms with E-state index in [1.807, 2.05) is 41.7 Å². The lowest BCUT2D eigenvalue weighted by molar-refractivity contribution is 0.0548. The van der Waals surface area contributed by atoms with Crippen molar-refractivity contribution in [3.8, 4) is 11.5 Å². The van der Waals surface area contributed by atoms with Crippen LogP contribution in [0, 0.1) is 6.92 Å². The van der Waals surface area contributed by atoms with Crippen LogP contribution in [-0.4, -0.2) is 114 Å². The summed E-state index contributed by atoms with van der Waals surface area (Å²) in [6.07, 6.45) is 12.9. The number of hydrogen-bond donors (Lipinski definition) is 5. The van der Waals surface area contributed by atoms with E-state index in [2.05, 4.69) is 37.8 Å². The highest BCUT2D eigenvalue weighted by Crippen LogP contribution is 2.40. The van der Waals surface area contributed by atoms with Crippen LogP contribution >= 0.6 is 11.8 Å². The monoisotopic (exact) mass is 912 g/mol. The Labute approximate surface area is 383 Å². The smallest absolute Gasteiger partial charge is 0.412 e. The number of aliphatic imine (C=N–C) groups is 2. The second-order valence-electron chi connectivity index (χ2n) is 15.2. The summed E-state index contributed by atoms with van der Waals surface area (Å²) in [5, 5.41) is 13.1. The van der Waals surface area contributed by atoms with Gasteiger partial charge in [-0.3, -0.25) is 34.4 Å². The molecule has 7 N–H and O–H groups in total. The van der Waals surface area contributed by atoms with Crippen LogP contribution < -0.4 is 41.8 Å². The number of aldehydes is 1. The number of aryl methyl sites for hydroxylation is 2. The van der Waals surface area contributed by atoms with Gasteiger partial charge >= 0.3 is 6.09 Å². The molecule has 0 aliphatic carbocycles. The number of benzene rings is 2. The number of rotatable bonds is 25. The number of alkyl carbamates (subject to hydrolysis) is 1. The number of aromatic nitrogens is 4. The maximum absolute atomic E-state index is 13.6. The molecular formula is C45H60N12O7S. The second-order valence-corrected chi connectivity index (χ2v) is 16.2. The largest absolute Gasteiger partial charge is 0.491 e. The average molecular weight is 913 g/mol. The van der Waals surface area contributed by atoms with Crippen LogP contribution in [0.1, 0.15) is 71.0 Å². The maximum Gasteiger partial charge on any atom is 0.412 e. The predicted octanol–water partition coefficient (Wildman–Crippen LogP) is 5.76. The summed E-state index contributed by atoms with van der Waals surface area (Å²) >= 11 is 1.69. The van der Waals surface area contributed by atoms with Crippen molar-refractivity contribution in [1.82, 2.24) is 30.0 Å². The molecule has 0 unspecified atom stereocenters. The van der Waals surface area contributed by atoms with Crippen LogP contribution in [-0.2, 0) is 17.8 Å². The molecule has 2 aromatic carbocycles. The lowest BCUT2D eigenvalue weighted by Crippen LogP contribution is -2.39. The fourth-order valence-electron chi connectivity index (χ4n) is 6.34. The summed E-state index contributed by atoms with van der Waals surface area (Å²) in [4.78, 5) is 65.1. The molecule has 0 atom stereocenters. The molecule has 20 heteroatoms. The molecule has 0 bridgehead atoms. The summed E-state index contributed by atoms with van der Waals surface area (Å²) < 4.78 is 21.3. The van der Waals surface area contributed by atoms with Gasteiger partial charge in [0.25, 0.3) is 5.91 Å². The molecule has 65 heavy (non-hydrogen) atoms. The Hall–Kier alpha value is -7.09. The minimum Gasteiger partial charge on any atom is -0.491 e. The number of ether oxygens (including phenoxy) is 3. The number of thioether (sulfide) groups is 1. The molecule has 2 aromatic heterocycles. The molecule has 0 saturated heterocycles. The van der Waals surface area contributed by atoms with Crippen molar-refractivity contribution in [2.24, 2.45) is 21.5 Å². The SMILES string of the molecule is C=Nc1cc(C(N)=O)cc(OCCCSC)c1N(C/C=C/Cn1c(NC)nc2cc(C=O)cc(OC/C=C/CN=C/C(=C\N)NC(=O)OC(C)(C)C)c21)CNC(=O)c1cc(C)nn1CC. The van der Waals surface area contributed by atoms with E-state index in [0.717, 1.165) is 18.5 Å². The highest BCUT2D eigenvalue weighted by Gasteiger charge is 2.22. The predicted molar refractivity (Wildman–Crippen MR) is 258 cm³/mol. The Morgan fingerprint density at radius 1 is 1.06 bits per heavy atom. The highest BCUT2D eigenvalue weighted by molar-refractivity contribution is 7.98. The first kappa shape index (κ1) is 50.6. The number of carbonyl (C=O) groups excluding carboxylic acids is 4. The first-order valence-corrected chi connectivity index (χ1v) is 22.2. The third kappa shape index (κ3) is 14.7. The number of nitrogens with zero attached hydrogens (tertiary/aromatic N) is 7. The summed E-state index contributed by atoms with van der Waals surface area (Å²) in [5.74, 6) is 1.20. The number of amides is 3. The third-order valence-corrected chi connectivity index (χ3v) is 9.87. The number of carbonyl (C=O) groups is 4. The van der Waals surface area contributed by atoms with Gasteiger partial charge < -0.3 is 45.8 Å². The van der Waals surface area contributed by atoms with E-state index in [9.17, 15) is 19.2 Å². The Bertz CT molecular complexity index is 2430. The maximum atomic E-state index is 13.6. The molecule has 0 aliphatic heterocycles. The molecule has 0 fully saturated rings. The molecule has 2 heterocycles. The van der Waals surface area contributed by atoms with Crippen molar-refractivity contribution in [1.29, 1.82) is 0 Å². The fraction of sp³-hybridized carbons (Fsp3) is 0.378. The van der Waals surface area contributed by atoms with Crippen LogP contribution in [0.3, 0.4) is 0 Å². The first-order valence-electron chi connectivity index (χ1n) is 20.8. The van der Waals surface area contributed by atoms with Gasteiger partial charge in [0.2, 0.25) is 11.9 Å². The van der Waals surface area contributed by atoms with Crippen molar-refractivity contribution in [2.45, 2.75) is 59.7 Å². The highest BCUT2D eigenvalue weighted by atomic mass is 32.2. The number of anilines is 2. The second kappa shape index (κ2) is 24.7. The Morgan fingerprint density at radius 2 is 1.85 bits per heavy atom. The molecule has 0 aliphatic rings. The summed E-state index contributed by atoms with van der Waals surface area (Å²) in [6, 6.07) is 8.19. The normalized spacial score (nSPS) is 12.0. The van der Waals surface area contributed by atoms with E-state index >= 15 is 0 Å². The summed E-state index contributed by atoms with van der Waals surface area (Å²) in [7, 11) is 1.75. The molecule has 19 nitrogen and oxygen atoms in total. The fourth-order valence-corrected chi connectivity index (χ4v) is 6.75. The van der Waals surface area contributed by atoms with Crippen molar-refractivity contribution in [3.63, 3.8) is 0 Å². The molecule has 348 valence electrons. The molecule has 3 amide bonds. The zero-order valence-electron chi connectivity index (χ0n) is 38.1. The molecule has 0 radical (unpaired) electrons. The minimum atomic E-state index is -0.668. The van der Waals surface area contributed by atoms with Gasteiger partial charge in [-0.05, 0) is 96.2 Å². The van der Waals surface area contributed by atoms with E-state index in [0.29, 0.717) is 76.5 Å². The van der Waals surface area contributed by atoms with Gasteiger partial charge in [-0.25, -0.2) is 9.78 Å². The van der Waals surface area contributed by atoms with Crippen LogP contribution in [0.4, 0.5) is 22.1 Å². The first-order chi connectivity index (χ1) is 31.2. The zero-order valence-corrected chi connectivity index (χ0v) is 38.9. The van der Waals surface area contributed by atoms with Gasteiger partial charge in [-0.2, -0.15) is 16.9 Å². The molecule has 4 rings (SSSR count). The number of hydrogen-bond acceptors (Lipinski definition) is 15. The Morgan fingerprint density at radius 3 is 2.51 bits per heavy atom. The number of nitrogens with one attached hydrogen (secondary N) is 3. The van der Waals surface area contributed by atoms with Gasteiger partial charge in [0.15, 0.2) is 0 Å². The topological polar surface area (TPSA) is 248 Å². The minimum absolute atomic E-state index is 0.0195. The van der Waals surface area contributed by atoms with Crippen LogP contribution in [0.25, 0.3) is 11.0 Å². The molecule has 4 aromatic rings. The zero-order chi connectivity index (χ0) is 47.5. The van der Waals surface area contributed by atoms with Crippen molar-refractivity contribution >= 4 is 77.2 Å². The van der Waals surface area contributed by atoms with Gasteiger partial charge in [0, 0.05) is 50.2 Å². The Balaban J connectivity index is 1.60. The van der Waals surface area contributed by atoms with E-state index < -0.39 is 17.6 Å². The number of nitrogens with two attached hydrogens (primary N) is 2. The lowest BCUT2D eigenvalue weighted by Gasteiger charge is -2.28. The van der Waals surface area contributed by atoms with E-state index in [-0.39, 0.29) is 43.5 Å². The van der Waals surface area contributed by atoms with E-state index in [1.54, 1.807) is 86.7 Å². The molecular weight excluding hydrogens is 853 g/mol. The van der Waals surface area contributed by atoms with Crippen LogP contribution in [0.15, 0.2) is 76.5 Å². The summed E-state index contributed by atoms with van der Waals surface area (Å²) in [5.41, 5.74) is 14.7. The van der Waals surface area contributed by atoms with Crippen LogP contribution in [0.5, 0.6) is 11.5 Å². The number of imidazole rings is 1. The average Bonchev–Trinajstić information content (AvgIpc) is 3.84. The number of fused-ring (bicyclic) bond motifs is 1. The molecule has 0 saturated carbocycles. The van der Waals surface area contributed by atoms with Crippen LogP contribution in [0.2, 0.25) is 0 Å². The lowest BCUT2D eigenvalue weighted by atomic mass is 10.1. The van der Waals surface area contributed by atoms with Gasteiger partial charge in [0.1, 0.15) is 46.9 Å². The van der Waals surface area contributed by atoms with Crippen molar-refractivity contribution < 1.29 is 33.4 Å². The molecule has 0 spiro atoms. The third-order valence-electron chi connectivity index (χ3n) is 9.18. The standard InChI is InChI=1S/C45H60N12O7S/c1-9-57-36(21-30(2)54-57)42(60)51-29-55(39-34(48-6)24-32(41(47)59)25-38(39)63-19-14-20-65-8)16-11-12-17-56-40-35(53-43(56)49-7)22-31(28-58)23-37(40)62-18-13-10-15-50-27-33(26-46)52-44(61)64-45(3,4)5/h10-13,21-28H,6,9,14-20,29,46H2,1-5,7-8H3,(H2,47,59)(H,49,53)(H,51,60)(H,52,61)/b12-11+,13-10+,33-26+,50-27?. The quantitative estimate of drug-likeness (QED) is 0.0175. The van der Waals surface area contributed by atoms with Gasteiger partial charge in [-0.1, -0.05) is 18.2 Å². The Kier molecular flexibility index (Phi) is 19.2. The van der Waals surface area contributed by atoms with Gasteiger partial charge in [0.05, 0.1) is 42.4 Å². The number of primary amides is 1. The van der Waals surface area contributed by atoms with Crippen molar-refractivity contribution in [3.05, 3.63) is 89.0 Å². The van der Waals surface area contributed by atoms with Gasteiger partial charge in [-0.15, -0.1) is 0 Å². The van der Waals surface area contributed by atoms with Crippen molar-refractivity contribution in [2.75, 3.05) is 62.2 Å². The number of allylic oxidation sites excluding steroid dienone is 2.